The first-order valence-electron chi connectivity index (χ1n) is 8.14. The van der Waals surface area contributed by atoms with Gasteiger partial charge in [-0.2, -0.15) is 0 Å². The van der Waals surface area contributed by atoms with Gasteiger partial charge in [0, 0.05) is 11.6 Å². The van der Waals surface area contributed by atoms with Gasteiger partial charge in [-0.1, -0.05) is 12.1 Å². The van der Waals surface area contributed by atoms with Crippen LogP contribution in [0.15, 0.2) is 36.4 Å². The highest BCUT2D eigenvalue weighted by Gasteiger charge is 2.12. The number of hydrogen-bond donors (Lipinski definition) is 1. The zero-order chi connectivity index (χ0) is 19.3. The summed E-state index contributed by atoms with van der Waals surface area (Å²) in [5.74, 6) is -0.534. The molecule has 1 N–H and O–H groups in total. The molecule has 0 radical (unpaired) electrons. The van der Waals surface area contributed by atoms with E-state index in [1.54, 1.807) is 12.1 Å². The molecule has 0 saturated heterocycles. The maximum Gasteiger partial charge on any atom is 0.331 e. The normalized spacial score (nSPS) is 10.8. The van der Waals surface area contributed by atoms with E-state index in [0.29, 0.717) is 16.9 Å². The third-order valence-corrected chi connectivity index (χ3v) is 4.10. The monoisotopic (exact) mass is 354 g/mol. The summed E-state index contributed by atoms with van der Waals surface area (Å²) in [4.78, 5) is 24.1. The van der Waals surface area contributed by atoms with Gasteiger partial charge in [-0.3, -0.25) is 4.79 Å². The van der Waals surface area contributed by atoms with Crippen molar-refractivity contribution in [2.24, 2.45) is 0 Å². The highest BCUT2D eigenvalue weighted by atomic mass is 16.5. The Hall–Kier alpha value is -3.08. The number of Topliss-reactive ketones (excluding diaryl/α,β-unsaturated/α-hetero) is 1. The fourth-order valence-corrected chi connectivity index (χ4v) is 2.49. The summed E-state index contributed by atoms with van der Waals surface area (Å²) in [7, 11) is 1.44. The van der Waals surface area contributed by atoms with Crippen LogP contribution in [0.25, 0.3) is 6.08 Å². The molecule has 0 saturated carbocycles. The Morgan fingerprint density at radius 3 is 2.42 bits per heavy atom. The van der Waals surface area contributed by atoms with Gasteiger partial charge in [-0.15, -0.1) is 0 Å². The van der Waals surface area contributed by atoms with Crippen molar-refractivity contribution in [2.75, 3.05) is 13.7 Å². The lowest BCUT2D eigenvalue weighted by Crippen LogP contribution is -2.14. The molecular weight excluding hydrogens is 332 g/mol. The molecule has 0 spiro atoms. The van der Waals surface area contributed by atoms with Gasteiger partial charge in [-0.25, -0.2) is 4.79 Å². The molecule has 26 heavy (non-hydrogen) atoms. The van der Waals surface area contributed by atoms with Crippen molar-refractivity contribution in [3.63, 3.8) is 0 Å². The van der Waals surface area contributed by atoms with E-state index in [0.717, 1.165) is 16.7 Å². The maximum atomic E-state index is 12.3. The van der Waals surface area contributed by atoms with Gasteiger partial charge in [0.05, 0.1) is 7.11 Å². The van der Waals surface area contributed by atoms with Crippen LogP contribution in [0.1, 0.15) is 32.6 Å². The molecule has 0 fully saturated rings. The number of esters is 1. The summed E-state index contributed by atoms with van der Waals surface area (Å²) >= 11 is 0. The zero-order valence-electron chi connectivity index (χ0n) is 15.3. The number of phenolic OH excluding ortho intramolecular Hbond substituents is 1. The van der Waals surface area contributed by atoms with Gasteiger partial charge in [0.25, 0.3) is 0 Å². The molecule has 0 bridgehead atoms. The number of ketones is 1. The summed E-state index contributed by atoms with van der Waals surface area (Å²) in [5, 5.41) is 9.55. The predicted molar refractivity (Wildman–Crippen MR) is 99.6 cm³/mol. The van der Waals surface area contributed by atoms with E-state index < -0.39 is 5.97 Å². The molecule has 0 amide bonds. The Morgan fingerprint density at radius 1 is 1.04 bits per heavy atom. The molecule has 0 atom stereocenters. The van der Waals surface area contributed by atoms with Crippen LogP contribution >= 0.6 is 0 Å². The third-order valence-electron chi connectivity index (χ3n) is 4.10. The average molecular weight is 354 g/mol. The van der Waals surface area contributed by atoms with Crippen molar-refractivity contribution in [1.82, 2.24) is 0 Å². The number of rotatable bonds is 6. The number of hydrogen-bond acceptors (Lipinski definition) is 5. The van der Waals surface area contributed by atoms with Gasteiger partial charge in [-0.05, 0) is 67.3 Å². The number of benzene rings is 2. The summed E-state index contributed by atoms with van der Waals surface area (Å²) in [5.41, 5.74) is 4.22. The van der Waals surface area contributed by atoms with Crippen molar-refractivity contribution in [1.29, 1.82) is 0 Å². The molecule has 136 valence electrons. The van der Waals surface area contributed by atoms with E-state index in [9.17, 15) is 14.7 Å². The van der Waals surface area contributed by atoms with Gasteiger partial charge in [0.2, 0.25) is 5.78 Å². The van der Waals surface area contributed by atoms with E-state index in [1.807, 2.05) is 32.9 Å². The molecule has 2 aromatic carbocycles. The van der Waals surface area contributed by atoms with Crippen molar-refractivity contribution < 1.29 is 24.2 Å². The molecule has 0 aliphatic carbocycles. The zero-order valence-corrected chi connectivity index (χ0v) is 15.3. The van der Waals surface area contributed by atoms with Crippen LogP contribution in [0.3, 0.4) is 0 Å². The smallest absolute Gasteiger partial charge is 0.331 e. The Labute approximate surface area is 152 Å². The van der Waals surface area contributed by atoms with Gasteiger partial charge in [0.15, 0.2) is 18.1 Å². The summed E-state index contributed by atoms with van der Waals surface area (Å²) in [6, 6.07) is 8.45. The minimum Gasteiger partial charge on any atom is -0.504 e. The van der Waals surface area contributed by atoms with Crippen LogP contribution < -0.4 is 4.74 Å². The predicted octanol–water partition coefficient (Wildman–Crippen LogP) is 3.77. The Kier molecular flexibility index (Phi) is 6.17. The largest absolute Gasteiger partial charge is 0.504 e. The number of phenols is 1. The first kappa shape index (κ1) is 19.2. The number of methoxy groups -OCH3 is 1. The maximum absolute atomic E-state index is 12.3. The average Bonchev–Trinajstić information content (AvgIpc) is 2.62. The van der Waals surface area contributed by atoms with Gasteiger partial charge >= 0.3 is 5.97 Å². The molecule has 0 aromatic heterocycles. The third kappa shape index (κ3) is 4.72. The number of aromatic hydroxyl groups is 1. The fraction of sp³-hybridized carbons (Fsp3) is 0.238. The van der Waals surface area contributed by atoms with Crippen molar-refractivity contribution in [2.45, 2.75) is 20.8 Å². The Morgan fingerprint density at radius 2 is 1.73 bits per heavy atom. The lowest BCUT2D eigenvalue weighted by atomic mass is 9.98. The lowest BCUT2D eigenvalue weighted by Gasteiger charge is -2.09. The second-order valence-corrected chi connectivity index (χ2v) is 6.05. The van der Waals surface area contributed by atoms with Crippen LogP contribution in [0.4, 0.5) is 0 Å². The van der Waals surface area contributed by atoms with Crippen molar-refractivity contribution in [3.8, 4) is 11.5 Å². The van der Waals surface area contributed by atoms with Crippen LogP contribution in [0.5, 0.6) is 11.5 Å². The summed E-state index contributed by atoms with van der Waals surface area (Å²) in [6.45, 7) is 5.47. The first-order valence-corrected chi connectivity index (χ1v) is 8.14. The number of ether oxygens (including phenoxy) is 2. The SMILES string of the molecule is COc1cc(/C=C\C(=O)OCC(=O)c2cc(C)c(C)cc2C)ccc1O. The van der Waals surface area contributed by atoms with Crippen LogP contribution in [0.2, 0.25) is 0 Å². The molecule has 0 aliphatic heterocycles. The Balaban J connectivity index is 1.98. The highest BCUT2D eigenvalue weighted by Crippen LogP contribution is 2.26. The van der Waals surface area contributed by atoms with E-state index in [2.05, 4.69) is 0 Å². The number of carbonyl (C=O) groups excluding carboxylic acids is 2. The summed E-state index contributed by atoms with van der Waals surface area (Å²) < 4.78 is 10.0. The van der Waals surface area contributed by atoms with E-state index in [1.165, 1.54) is 25.3 Å². The molecule has 0 aliphatic rings. The number of carbonyl (C=O) groups is 2. The molecule has 2 rings (SSSR count). The molecule has 0 unspecified atom stereocenters. The molecular formula is C21H22O5. The van der Waals surface area contributed by atoms with Crippen LogP contribution in [-0.2, 0) is 9.53 Å². The summed E-state index contributed by atoms with van der Waals surface area (Å²) in [6.07, 6.45) is 2.75. The van der Waals surface area contributed by atoms with Crippen LogP contribution in [-0.4, -0.2) is 30.6 Å². The van der Waals surface area contributed by atoms with Crippen LogP contribution in [0, 0.1) is 20.8 Å². The lowest BCUT2D eigenvalue weighted by molar-refractivity contribution is -0.136. The first-order chi connectivity index (χ1) is 12.3. The van der Waals surface area contributed by atoms with Gasteiger partial charge < -0.3 is 14.6 Å². The second-order valence-electron chi connectivity index (χ2n) is 6.05. The van der Waals surface area contributed by atoms with Gasteiger partial charge in [0.1, 0.15) is 0 Å². The minimum atomic E-state index is -0.619. The molecule has 2 aromatic rings. The van der Waals surface area contributed by atoms with Crippen molar-refractivity contribution in [3.05, 3.63) is 64.2 Å². The Bertz CT molecular complexity index is 865. The quantitative estimate of drug-likeness (QED) is 0.486. The van der Waals surface area contributed by atoms with E-state index in [-0.39, 0.29) is 18.1 Å². The van der Waals surface area contributed by atoms with E-state index >= 15 is 0 Å². The topological polar surface area (TPSA) is 72.8 Å². The second kappa shape index (κ2) is 8.34. The fourth-order valence-electron chi connectivity index (χ4n) is 2.49. The highest BCUT2D eigenvalue weighted by molar-refractivity contribution is 6.00. The molecule has 5 heteroatoms. The standard InChI is InChI=1S/C21H22O5/c1-13-9-15(3)17(10-14(13)2)19(23)12-26-21(24)8-6-16-5-7-18(22)20(11-16)25-4/h5-11,22H,12H2,1-4H3/b8-6-. The molecule has 0 heterocycles. The molecule has 5 nitrogen and oxygen atoms in total. The minimum absolute atomic E-state index is 0.0154. The van der Waals surface area contributed by atoms with E-state index in [4.69, 9.17) is 9.47 Å². The van der Waals surface area contributed by atoms with Crippen molar-refractivity contribution >= 4 is 17.8 Å². The number of aryl methyl sites for hydroxylation is 3.